The van der Waals surface area contributed by atoms with Crippen LogP contribution in [0.4, 0.5) is 11.5 Å². The predicted octanol–water partition coefficient (Wildman–Crippen LogP) is 0.390. The van der Waals surface area contributed by atoms with Gasteiger partial charge in [0, 0.05) is 56.3 Å². The number of likely N-dealkylation sites (N-methyl/N-ethyl adjacent to an activating group) is 1. The van der Waals surface area contributed by atoms with Crippen molar-refractivity contribution < 1.29 is 41.9 Å². The van der Waals surface area contributed by atoms with Crippen LogP contribution >= 0.6 is 0 Å². The number of benzene rings is 2. The van der Waals surface area contributed by atoms with Gasteiger partial charge in [-0.25, -0.2) is 32.9 Å². The van der Waals surface area contributed by atoms with E-state index in [0.29, 0.717) is 85.2 Å². The molecule has 1 saturated heterocycles. The standard InChI is InChI=1S/C37H48N10O9S/c1-4-38-36(51)33-31(49)32(50)37(56-33)47-22-43-30-34(41-21-42-35(30)47)40-15-7-6-14-39-29(48)13-17-45(3)23-9-11-25-27(19-23)55-28-20-24(10-12-26(28)44-25)46(5-2)16-8-18-57(52,53)54/h9-12,19-22,31-33,37,49-50H,4-8,13-18H2,1-3H3,(H3-,38,39,40,41,42,48,51,52,53,54)/t31-,32+,33-,37+/m0/s1. The molecule has 2 aliphatic heterocycles. The van der Waals surface area contributed by atoms with Gasteiger partial charge in [0.05, 0.1) is 28.9 Å². The topological polar surface area (TPSA) is 253 Å². The summed E-state index contributed by atoms with van der Waals surface area (Å²) in [6.45, 7) is 6.59. The molecule has 0 saturated carbocycles. The lowest BCUT2D eigenvalue weighted by atomic mass is 10.1. The maximum Gasteiger partial charge on any atom is 0.252 e. The number of hydrogen-bond donors (Lipinski definition) is 5. The molecule has 6 rings (SSSR count). The van der Waals surface area contributed by atoms with Crippen molar-refractivity contribution in [1.82, 2.24) is 39.7 Å². The maximum atomic E-state index is 12.7. The maximum absolute atomic E-state index is 12.7. The van der Waals surface area contributed by atoms with E-state index in [1.165, 1.54) is 17.2 Å². The molecular formula is C37H48N10O9S. The van der Waals surface area contributed by atoms with Gasteiger partial charge in [-0.05, 0) is 51.3 Å². The predicted molar refractivity (Wildman–Crippen MR) is 209 cm³/mol. The molecule has 1 aromatic carbocycles. The second kappa shape index (κ2) is 18.3. The lowest BCUT2D eigenvalue weighted by Gasteiger charge is -2.23. The van der Waals surface area contributed by atoms with Crippen LogP contribution in [-0.2, 0) is 24.4 Å². The van der Waals surface area contributed by atoms with Crippen LogP contribution in [0.2, 0.25) is 0 Å². The molecule has 19 nitrogen and oxygen atoms in total. The number of aliphatic hydroxyl groups is 2. The summed E-state index contributed by atoms with van der Waals surface area (Å²) in [7, 11) is -2.38. The first-order chi connectivity index (χ1) is 27.4. The molecule has 3 aromatic rings. The number of unbranched alkanes of at least 4 members (excludes halogenated alkanes) is 1. The van der Waals surface area contributed by atoms with Crippen LogP contribution in [0.1, 0.15) is 45.8 Å². The van der Waals surface area contributed by atoms with Crippen LogP contribution in [0, 0.1) is 0 Å². The van der Waals surface area contributed by atoms with Gasteiger partial charge in [0.1, 0.15) is 36.8 Å². The Morgan fingerprint density at radius 2 is 1.82 bits per heavy atom. The monoisotopic (exact) mass is 808 g/mol. The summed E-state index contributed by atoms with van der Waals surface area (Å²) in [5, 5.41) is 30.7. The summed E-state index contributed by atoms with van der Waals surface area (Å²) >= 11 is 0. The normalized spacial score (nSPS) is 18.9. The third-order valence-corrected chi connectivity index (χ3v) is 10.5. The number of amides is 2. The van der Waals surface area contributed by atoms with Crippen LogP contribution in [-0.4, -0.2) is 130 Å². The van der Waals surface area contributed by atoms with E-state index in [1.54, 1.807) is 6.92 Å². The molecule has 57 heavy (non-hydrogen) atoms. The molecule has 5 N–H and O–H groups in total. The van der Waals surface area contributed by atoms with Crippen molar-refractivity contribution in [2.75, 3.05) is 62.3 Å². The molecule has 0 radical (unpaired) electrons. The van der Waals surface area contributed by atoms with Crippen molar-refractivity contribution in [3.05, 3.63) is 54.4 Å². The van der Waals surface area contributed by atoms with Gasteiger partial charge in [-0.15, -0.1) is 0 Å². The Hall–Kier alpha value is -5.28. The Labute approximate surface area is 328 Å². The summed E-state index contributed by atoms with van der Waals surface area (Å²) < 4.78 is 48.5. The number of ether oxygens (including phenoxy) is 1. The van der Waals surface area contributed by atoms with Crippen molar-refractivity contribution >= 4 is 55.7 Å². The molecule has 2 aromatic heterocycles. The van der Waals surface area contributed by atoms with Gasteiger partial charge >= 0.3 is 0 Å². The van der Waals surface area contributed by atoms with Crippen LogP contribution in [0.5, 0.6) is 0 Å². The van der Waals surface area contributed by atoms with E-state index in [0.717, 1.165) is 17.5 Å². The SMILES string of the molecule is CCNC(=O)[C@H]1O[C@@H](n2cnc3c(NCCCCNC(=O)CC[N+](C)=c4ccc5nc6ccc(N(CC)CCCS(=O)(=O)[O-])cc6oc-5c4)ncnc32)[C@H](O)[C@@H]1O. The first-order valence-corrected chi connectivity index (χ1v) is 20.5. The number of nitrogens with zero attached hydrogens (tertiary/aromatic N) is 7. The molecule has 1 aliphatic carbocycles. The van der Waals surface area contributed by atoms with Crippen molar-refractivity contribution in [3.63, 3.8) is 0 Å². The minimum absolute atomic E-state index is 0.0762. The van der Waals surface area contributed by atoms with Crippen molar-refractivity contribution in [3.8, 4) is 11.5 Å². The van der Waals surface area contributed by atoms with E-state index in [1.807, 2.05) is 59.8 Å². The second-order valence-corrected chi connectivity index (χ2v) is 15.3. The third-order valence-electron chi connectivity index (χ3n) is 9.73. The Kier molecular flexibility index (Phi) is 13.3. The highest BCUT2D eigenvalue weighted by Crippen LogP contribution is 2.32. The van der Waals surface area contributed by atoms with Gasteiger partial charge in [-0.2, -0.15) is 0 Å². The van der Waals surface area contributed by atoms with E-state index in [2.05, 4.69) is 30.9 Å². The second-order valence-electron chi connectivity index (χ2n) is 13.7. The number of aliphatic hydroxyl groups excluding tert-OH is 2. The number of imidazole rings is 1. The highest BCUT2D eigenvalue weighted by Gasteiger charge is 2.47. The van der Waals surface area contributed by atoms with Crippen LogP contribution < -0.4 is 30.8 Å². The van der Waals surface area contributed by atoms with Gasteiger partial charge in [0.15, 0.2) is 47.2 Å². The fourth-order valence-corrected chi connectivity index (χ4v) is 7.14. The van der Waals surface area contributed by atoms with E-state index < -0.39 is 46.3 Å². The quantitative estimate of drug-likeness (QED) is 0.0348. The number of carbonyl (C=O) groups excluding carboxylic acids is 2. The zero-order valence-electron chi connectivity index (χ0n) is 32.0. The molecule has 3 aliphatic rings. The number of carbonyl (C=O) groups is 2. The lowest BCUT2D eigenvalue weighted by Crippen LogP contribution is -2.42. The largest absolute Gasteiger partial charge is 0.748 e. The van der Waals surface area contributed by atoms with E-state index in [9.17, 15) is 32.8 Å². The number of fused-ring (bicyclic) bond motifs is 3. The molecule has 0 spiro atoms. The summed E-state index contributed by atoms with van der Waals surface area (Å²) in [5.41, 5.74) is 3.55. The Morgan fingerprint density at radius 3 is 2.60 bits per heavy atom. The number of nitrogens with one attached hydrogen (secondary N) is 3. The zero-order chi connectivity index (χ0) is 40.7. The fourth-order valence-electron chi connectivity index (χ4n) is 6.66. The van der Waals surface area contributed by atoms with Gasteiger partial charge in [0.2, 0.25) is 11.3 Å². The first-order valence-electron chi connectivity index (χ1n) is 18.9. The number of rotatable bonds is 18. The van der Waals surface area contributed by atoms with Crippen LogP contribution in [0.3, 0.4) is 0 Å². The smallest absolute Gasteiger partial charge is 0.252 e. The molecule has 4 heterocycles. The molecule has 306 valence electrons. The van der Waals surface area contributed by atoms with Crippen molar-refractivity contribution in [2.45, 2.75) is 64.1 Å². The van der Waals surface area contributed by atoms with Gasteiger partial charge in [-0.1, -0.05) is 0 Å². The fraction of sp³-hybridized carbons (Fsp3) is 0.486. The van der Waals surface area contributed by atoms with Crippen LogP contribution in [0.15, 0.2) is 53.5 Å². The van der Waals surface area contributed by atoms with Gasteiger partial charge in [-0.3, -0.25) is 14.2 Å². The van der Waals surface area contributed by atoms with Crippen molar-refractivity contribution in [2.24, 2.45) is 0 Å². The van der Waals surface area contributed by atoms with E-state index in [-0.39, 0.29) is 18.7 Å². The highest BCUT2D eigenvalue weighted by atomic mass is 32.2. The molecule has 0 unspecified atom stereocenters. The average molecular weight is 809 g/mol. The van der Waals surface area contributed by atoms with Gasteiger partial charge in [0.25, 0.3) is 5.91 Å². The molecule has 4 atom stereocenters. The molecule has 1 fully saturated rings. The zero-order valence-corrected chi connectivity index (χ0v) is 32.8. The number of hydrogen-bond acceptors (Lipinski definition) is 15. The first kappa shape index (κ1) is 41.4. The summed E-state index contributed by atoms with van der Waals surface area (Å²) in [5.74, 6) is 0.0368. The van der Waals surface area contributed by atoms with Crippen LogP contribution in [0.25, 0.3) is 33.7 Å². The van der Waals surface area contributed by atoms with Gasteiger partial charge < -0.3 is 44.8 Å². The lowest BCUT2D eigenvalue weighted by molar-refractivity contribution is -0.137. The highest BCUT2D eigenvalue weighted by molar-refractivity contribution is 7.85. The number of aromatic nitrogens is 5. The summed E-state index contributed by atoms with van der Waals surface area (Å²) in [4.78, 5) is 44.6. The Bertz CT molecular complexity index is 2350. The third kappa shape index (κ3) is 10.0. The van der Waals surface area contributed by atoms with E-state index >= 15 is 0 Å². The Morgan fingerprint density at radius 1 is 1.02 bits per heavy atom. The Balaban J connectivity index is 0.976. The minimum atomic E-state index is -4.27. The van der Waals surface area contributed by atoms with Crippen molar-refractivity contribution in [1.29, 1.82) is 0 Å². The molecule has 0 bridgehead atoms. The summed E-state index contributed by atoms with van der Waals surface area (Å²) in [6.07, 6.45) is -0.377. The average Bonchev–Trinajstić information content (AvgIpc) is 3.75. The molecule has 20 heteroatoms. The summed E-state index contributed by atoms with van der Waals surface area (Å²) in [6, 6.07) is 11.3. The van der Waals surface area contributed by atoms with E-state index in [4.69, 9.17) is 14.1 Å². The minimum Gasteiger partial charge on any atom is -0.748 e. The molecule has 2 amide bonds. The number of anilines is 2. The molecular weight excluding hydrogens is 761 g/mol.